The van der Waals surface area contributed by atoms with Gasteiger partial charge in [-0.3, -0.25) is 9.59 Å². The molecule has 34 heavy (non-hydrogen) atoms. The van der Waals surface area contributed by atoms with Gasteiger partial charge >= 0.3 is 0 Å². The lowest BCUT2D eigenvalue weighted by Crippen LogP contribution is -2.51. The van der Waals surface area contributed by atoms with E-state index in [-0.39, 0.29) is 29.9 Å². The maximum absolute atomic E-state index is 13.5. The second kappa shape index (κ2) is 13.6. The number of carbonyl (C=O) groups excluding carboxylic acids is 2. The molecule has 0 radical (unpaired) electrons. The van der Waals surface area contributed by atoms with Gasteiger partial charge in [0.25, 0.3) is 0 Å². The van der Waals surface area contributed by atoms with Crippen molar-refractivity contribution in [2.24, 2.45) is 0 Å². The van der Waals surface area contributed by atoms with E-state index in [1.807, 2.05) is 67.6 Å². The molecule has 0 aliphatic carbocycles. The number of halogens is 1. The lowest BCUT2D eigenvalue weighted by Gasteiger charge is -2.31. The number of amides is 2. The van der Waals surface area contributed by atoms with Crippen molar-refractivity contribution in [3.8, 4) is 0 Å². The molecule has 0 saturated carbocycles. The van der Waals surface area contributed by atoms with Gasteiger partial charge in [0.15, 0.2) is 0 Å². The predicted octanol–water partition coefficient (Wildman–Crippen LogP) is 5.23. The van der Waals surface area contributed by atoms with Crippen LogP contribution in [-0.2, 0) is 28.3 Å². The minimum atomic E-state index is -0.663. The number of nitrogens with one attached hydrogen (secondary N) is 1. The number of hydrogen-bond acceptors (Lipinski definition) is 3. The normalized spacial score (nSPS) is 11.6. The monoisotopic (exact) mass is 478 g/mol. The summed E-state index contributed by atoms with van der Waals surface area (Å²) in [6.07, 6.45) is 1.22. The van der Waals surface area contributed by atoms with Gasteiger partial charge in [0, 0.05) is 25.3 Å². The molecule has 3 aromatic rings. The molecule has 0 aliphatic rings. The second-order valence-electron chi connectivity index (χ2n) is 8.12. The molecule has 2 amide bonds. The minimum absolute atomic E-state index is 0.113. The number of hydrogen-bond donors (Lipinski definition) is 1. The van der Waals surface area contributed by atoms with Crippen LogP contribution >= 0.6 is 11.8 Å². The van der Waals surface area contributed by atoms with Crippen molar-refractivity contribution in [1.82, 2.24) is 10.2 Å². The van der Waals surface area contributed by atoms with E-state index in [1.54, 1.807) is 17.0 Å². The van der Waals surface area contributed by atoms with Crippen LogP contribution in [0.1, 0.15) is 30.0 Å². The third kappa shape index (κ3) is 8.03. The van der Waals surface area contributed by atoms with Gasteiger partial charge in [-0.05, 0) is 35.2 Å². The fraction of sp³-hybridized carbons (Fsp3) is 0.286. The van der Waals surface area contributed by atoms with Crippen LogP contribution in [0.25, 0.3) is 0 Å². The lowest BCUT2D eigenvalue weighted by atomic mass is 10.0. The van der Waals surface area contributed by atoms with Crippen molar-refractivity contribution in [2.45, 2.75) is 38.1 Å². The van der Waals surface area contributed by atoms with Crippen LogP contribution in [0.3, 0.4) is 0 Å². The van der Waals surface area contributed by atoms with Crippen LogP contribution in [0.4, 0.5) is 4.39 Å². The first-order chi connectivity index (χ1) is 16.6. The quantitative estimate of drug-likeness (QED) is 0.388. The van der Waals surface area contributed by atoms with E-state index in [0.29, 0.717) is 18.7 Å². The van der Waals surface area contributed by atoms with Gasteiger partial charge in [0.05, 0.1) is 5.75 Å². The molecule has 3 rings (SSSR count). The molecule has 4 nitrogen and oxygen atoms in total. The summed E-state index contributed by atoms with van der Waals surface area (Å²) in [7, 11) is 0. The van der Waals surface area contributed by atoms with Crippen LogP contribution in [0, 0.1) is 5.82 Å². The maximum Gasteiger partial charge on any atom is 0.243 e. The Hall–Kier alpha value is -3.12. The first-order valence-corrected chi connectivity index (χ1v) is 12.7. The maximum atomic E-state index is 13.5. The van der Waals surface area contributed by atoms with Gasteiger partial charge in [-0.25, -0.2) is 4.39 Å². The van der Waals surface area contributed by atoms with Crippen molar-refractivity contribution in [3.63, 3.8) is 0 Å². The average Bonchev–Trinajstić information content (AvgIpc) is 2.87. The first kappa shape index (κ1) is 25.5. The van der Waals surface area contributed by atoms with Crippen LogP contribution < -0.4 is 5.32 Å². The van der Waals surface area contributed by atoms with Crippen molar-refractivity contribution in [3.05, 3.63) is 107 Å². The Morgan fingerprint density at radius 2 is 1.50 bits per heavy atom. The van der Waals surface area contributed by atoms with Crippen molar-refractivity contribution in [1.29, 1.82) is 0 Å². The van der Waals surface area contributed by atoms with Crippen LogP contribution in [-0.4, -0.2) is 35.1 Å². The van der Waals surface area contributed by atoms with Gasteiger partial charge in [0.1, 0.15) is 11.9 Å². The molecule has 1 N–H and O–H groups in total. The Bertz CT molecular complexity index is 1030. The number of thioether (sulfide) groups is 1. The summed E-state index contributed by atoms with van der Waals surface area (Å²) in [5.41, 5.74) is 2.91. The zero-order valence-corrected chi connectivity index (χ0v) is 20.3. The molecular formula is C28H31FN2O2S. The van der Waals surface area contributed by atoms with Crippen molar-refractivity contribution in [2.75, 3.05) is 12.3 Å². The van der Waals surface area contributed by atoms with E-state index >= 15 is 0 Å². The third-order valence-electron chi connectivity index (χ3n) is 5.42. The lowest BCUT2D eigenvalue weighted by molar-refractivity contribution is -0.139. The zero-order chi connectivity index (χ0) is 24.2. The van der Waals surface area contributed by atoms with Gasteiger partial charge in [-0.2, -0.15) is 0 Å². The first-order valence-electron chi connectivity index (χ1n) is 11.5. The highest BCUT2D eigenvalue weighted by Crippen LogP contribution is 2.18. The molecule has 0 heterocycles. The molecule has 3 aromatic carbocycles. The van der Waals surface area contributed by atoms with E-state index < -0.39 is 6.04 Å². The Kier molecular flexibility index (Phi) is 10.2. The number of nitrogens with zero attached hydrogens (tertiary/aromatic N) is 1. The molecule has 0 saturated heterocycles. The van der Waals surface area contributed by atoms with Gasteiger partial charge in [0.2, 0.25) is 11.8 Å². The third-order valence-corrected chi connectivity index (χ3v) is 6.41. The highest BCUT2D eigenvalue weighted by Gasteiger charge is 2.30. The molecule has 0 spiro atoms. The minimum Gasteiger partial charge on any atom is -0.354 e. The van der Waals surface area contributed by atoms with E-state index in [9.17, 15) is 14.0 Å². The van der Waals surface area contributed by atoms with E-state index in [0.717, 1.165) is 23.1 Å². The van der Waals surface area contributed by atoms with Crippen molar-refractivity contribution < 1.29 is 14.0 Å². The average molecular weight is 479 g/mol. The van der Waals surface area contributed by atoms with Crippen LogP contribution in [0.2, 0.25) is 0 Å². The van der Waals surface area contributed by atoms with E-state index in [4.69, 9.17) is 0 Å². The second-order valence-corrected chi connectivity index (χ2v) is 9.11. The smallest absolute Gasteiger partial charge is 0.243 e. The topological polar surface area (TPSA) is 49.4 Å². The number of rotatable bonds is 12. The molecule has 0 fully saturated rings. The summed E-state index contributed by atoms with van der Waals surface area (Å²) in [5, 5.41) is 2.97. The van der Waals surface area contributed by atoms with E-state index in [2.05, 4.69) is 5.32 Å². The summed E-state index contributed by atoms with van der Waals surface area (Å²) in [5.74, 6) is 0.346. The van der Waals surface area contributed by atoms with Gasteiger partial charge in [-0.15, -0.1) is 11.8 Å². The molecule has 6 heteroatoms. The molecule has 1 atom stereocenters. The standard InChI is InChI=1S/C28H31FN2O2S/c1-2-17-30-28(33)26(18-22-9-5-3-6-10-22)31(19-23-13-15-25(29)16-14-23)27(32)21-34-20-24-11-7-4-8-12-24/h3-16,26H,2,17-21H2,1H3,(H,30,33). The highest BCUT2D eigenvalue weighted by atomic mass is 32.2. The SMILES string of the molecule is CCCNC(=O)C(Cc1ccccc1)N(Cc1ccc(F)cc1)C(=O)CSCc1ccccc1. The predicted molar refractivity (Wildman–Crippen MR) is 137 cm³/mol. The van der Waals surface area contributed by atoms with Crippen LogP contribution in [0.5, 0.6) is 0 Å². The summed E-state index contributed by atoms with van der Waals surface area (Å²) in [6, 6.07) is 25.1. The summed E-state index contributed by atoms with van der Waals surface area (Å²) in [6.45, 7) is 2.78. The van der Waals surface area contributed by atoms with Crippen LogP contribution in [0.15, 0.2) is 84.9 Å². The Morgan fingerprint density at radius 1 is 0.882 bits per heavy atom. The summed E-state index contributed by atoms with van der Waals surface area (Å²) >= 11 is 1.53. The Morgan fingerprint density at radius 3 is 2.12 bits per heavy atom. The largest absolute Gasteiger partial charge is 0.354 e. The zero-order valence-electron chi connectivity index (χ0n) is 19.5. The summed E-state index contributed by atoms with van der Waals surface area (Å²) in [4.78, 5) is 28.3. The fourth-order valence-electron chi connectivity index (χ4n) is 3.62. The summed E-state index contributed by atoms with van der Waals surface area (Å²) < 4.78 is 13.5. The number of carbonyl (C=O) groups is 2. The Balaban J connectivity index is 1.82. The molecule has 0 aliphatic heterocycles. The fourth-order valence-corrected chi connectivity index (χ4v) is 4.49. The molecule has 178 valence electrons. The molecule has 1 unspecified atom stereocenters. The van der Waals surface area contributed by atoms with Gasteiger partial charge in [-0.1, -0.05) is 79.7 Å². The van der Waals surface area contributed by atoms with Gasteiger partial charge < -0.3 is 10.2 Å². The van der Waals surface area contributed by atoms with Crippen molar-refractivity contribution >= 4 is 23.6 Å². The molecular weight excluding hydrogens is 447 g/mol. The Labute approximate surface area is 205 Å². The highest BCUT2D eigenvalue weighted by molar-refractivity contribution is 7.99. The molecule has 0 aromatic heterocycles. The number of benzene rings is 3. The van der Waals surface area contributed by atoms with E-state index in [1.165, 1.54) is 23.9 Å². The molecule has 0 bridgehead atoms.